The number of hydrogen-bond acceptors (Lipinski definition) is 3. The second-order valence-corrected chi connectivity index (χ2v) is 6.89. The number of hydrogen-bond donors (Lipinski definition) is 1. The highest BCUT2D eigenvalue weighted by molar-refractivity contribution is 6.06. The Labute approximate surface area is 155 Å². The summed E-state index contributed by atoms with van der Waals surface area (Å²) in [7, 11) is 0. The third kappa shape index (κ3) is 3.85. The van der Waals surface area contributed by atoms with Crippen molar-refractivity contribution in [2.75, 3.05) is 18.5 Å². The molecule has 2 aromatic rings. The molecule has 1 saturated carbocycles. The molecule has 4 nitrogen and oxygen atoms in total. The second kappa shape index (κ2) is 8.54. The lowest BCUT2D eigenvalue weighted by Gasteiger charge is -2.31. The molecule has 0 aromatic heterocycles. The summed E-state index contributed by atoms with van der Waals surface area (Å²) in [5.41, 5.74) is 0.114. The first-order valence-electron chi connectivity index (χ1n) is 9.80. The predicted molar refractivity (Wildman–Crippen MR) is 106 cm³/mol. The first-order chi connectivity index (χ1) is 12.7. The van der Waals surface area contributed by atoms with Gasteiger partial charge in [0.25, 0.3) is 5.91 Å². The van der Waals surface area contributed by atoms with Gasteiger partial charge in [0.2, 0.25) is 0 Å². The van der Waals surface area contributed by atoms with Crippen molar-refractivity contribution in [3.8, 4) is 5.75 Å². The summed E-state index contributed by atoms with van der Waals surface area (Å²) in [5, 5.41) is 5.16. The van der Waals surface area contributed by atoms with E-state index in [0.717, 1.165) is 47.9 Å². The van der Waals surface area contributed by atoms with Crippen LogP contribution in [0.2, 0.25) is 0 Å². The number of rotatable bonds is 6. The van der Waals surface area contributed by atoms with Crippen LogP contribution in [0.4, 0.5) is 5.69 Å². The van der Waals surface area contributed by atoms with Crippen LogP contribution in [0.5, 0.6) is 5.75 Å². The summed E-state index contributed by atoms with van der Waals surface area (Å²) < 4.78 is 11.8. The quantitative estimate of drug-likeness (QED) is 0.715. The summed E-state index contributed by atoms with van der Waals surface area (Å²) >= 11 is 0. The predicted octanol–water partition coefficient (Wildman–Crippen LogP) is 5.31. The fourth-order valence-electron chi connectivity index (χ4n) is 3.91. The van der Waals surface area contributed by atoms with Crippen LogP contribution < -0.4 is 10.1 Å². The van der Waals surface area contributed by atoms with Crippen molar-refractivity contribution in [3.05, 3.63) is 36.4 Å². The molecule has 0 unspecified atom stereocenters. The molecule has 0 radical (unpaired) electrons. The van der Waals surface area contributed by atoms with Gasteiger partial charge in [-0.2, -0.15) is 0 Å². The van der Waals surface area contributed by atoms with Crippen molar-refractivity contribution in [2.45, 2.75) is 58.0 Å². The topological polar surface area (TPSA) is 47.6 Å². The third-order valence-corrected chi connectivity index (χ3v) is 5.18. The van der Waals surface area contributed by atoms with E-state index in [9.17, 15) is 4.79 Å². The Hall–Kier alpha value is -2.07. The lowest BCUT2D eigenvalue weighted by molar-refractivity contribution is -0.143. The fourth-order valence-corrected chi connectivity index (χ4v) is 3.91. The average molecular weight is 355 g/mol. The van der Waals surface area contributed by atoms with Crippen LogP contribution in [0.25, 0.3) is 10.8 Å². The van der Waals surface area contributed by atoms with Gasteiger partial charge in [-0.05, 0) is 38.8 Å². The van der Waals surface area contributed by atoms with E-state index in [4.69, 9.17) is 9.47 Å². The smallest absolute Gasteiger partial charge is 0.256 e. The molecule has 0 spiro atoms. The zero-order valence-electron chi connectivity index (χ0n) is 15.8. The van der Waals surface area contributed by atoms with E-state index in [1.54, 1.807) is 0 Å². The Morgan fingerprint density at radius 2 is 1.65 bits per heavy atom. The number of amides is 1. The number of benzene rings is 2. The van der Waals surface area contributed by atoms with Crippen LogP contribution in [0.3, 0.4) is 0 Å². The van der Waals surface area contributed by atoms with Crippen LogP contribution in [-0.4, -0.2) is 24.7 Å². The monoisotopic (exact) mass is 355 g/mol. The van der Waals surface area contributed by atoms with E-state index >= 15 is 0 Å². The van der Waals surface area contributed by atoms with Crippen LogP contribution in [0, 0.1) is 0 Å². The molecular weight excluding hydrogens is 326 g/mol. The maximum absolute atomic E-state index is 13.2. The lowest BCUT2D eigenvalue weighted by atomic mass is 9.92. The van der Waals surface area contributed by atoms with Gasteiger partial charge in [-0.1, -0.05) is 49.9 Å². The standard InChI is InChI=1S/C22H29NO3/c1-3-25-20-14-13-19(17-11-7-8-12-18(17)20)23-21(24)22(26-4-2)15-9-5-6-10-16-22/h7-8,11-14H,3-6,9-10,15-16H2,1-2H3,(H,23,24). The Morgan fingerprint density at radius 1 is 0.962 bits per heavy atom. The molecule has 2 aromatic carbocycles. The van der Waals surface area contributed by atoms with Crippen LogP contribution in [0.15, 0.2) is 36.4 Å². The summed E-state index contributed by atoms with van der Waals surface area (Å²) in [6.45, 7) is 5.11. The highest BCUT2D eigenvalue weighted by Gasteiger charge is 2.39. The highest BCUT2D eigenvalue weighted by atomic mass is 16.5. The van der Waals surface area contributed by atoms with Gasteiger partial charge in [-0.15, -0.1) is 0 Å². The maximum Gasteiger partial charge on any atom is 0.256 e. The molecule has 140 valence electrons. The molecule has 26 heavy (non-hydrogen) atoms. The summed E-state index contributed by atoms with van der Waals surface area (Å²) in [5.74, 6) is 0.825. The van der Waals surface area contributed by atoms with Gasteiger partial charge in [0.15, 0.2) is 0 Å². The molecule has 0 aliphatic heterocycles. The van der Waals surface area contributed by atoms with E-state index in [2.05, 4.69) is 5.32 Å². The molecule has 0 bridgehead atoms. The van der Waals surface area contributed by atoms with Gasteiger partial charge in [-0.25, -0.2) is 0 Å². The number of anilines is 1. The Balaban J connectivity index is 1.92. The Morgan fingerprint density at radius 3 is 2.31 bits per heavy atom. The largest absolute Gasteiger partial charge is 0.493 e. The molecule has 1 amide bonds. The van der Waals surface area contributed by atoms with Gasteiger partial charge in [0.05, 0.1) is 6.61 Å². The highest BCUT2D eigenvalue weighted by Crippen LogP contribution is 2.35. The van der Waals surface area contributed by atoms with Crippen molar-refractivity contribution in [3.63, 3.8) is 0 Å². The Bertz CT molecular complexity index is 748. The van der Waals surface area contributed by atoms with E-state index in [0.29, 0.717) is 13.2 Å². The fraction of sp³-hybridized carbons (Fsp3) is 0.500. The van der Waals surface area contributed by atoms with Crippen molar-refractivity contribution >= 4 is 22.4 Å². The minimum atomic E-state index is -0.703. The zero-order valence-corrected chi connectivity index (χ0v) is 15.8. The minimum Gasteiger partial charge on any atom is -0.493 e. The van der Waals surface area contributed by atoms with Gasteiger partial charge < -0.3 is 14.8 Å². The lowest BCUT2D eigenvalue weighted by Crippen LogP contribution is -2.45. The van der Waals surface area contributed by atoms with Gasteiger partial charge in [0.1, 0.15) is 11.4 Å². The minimum absolute atomic E-state index is 0.0180. The average Bonchev–Trinajstić information content (AvgIpc) is 2.91. The molecule has 1 aliphatic rings. The van der Waals surface area contributed by atoms with Crippen LogP contribution >= 0.6 is 0 Å². The normalized spacial score (nSPS) is 16.8. The molecule has 1 N–H and O–H groups in total. The molecule has 1 aliphatic carbocycles. The van der Waals surface area contributed by atoms with Crippen molar-refractivity contribution < 1.29 is 14.3 Å². The molecule has 1 fully saturated rings. The van der Waals surface area contributed by atoms with Gasteiger partial charge in [-0.3, -0.25) is 4.79 Å². The van der Waals surface area contributed by atoms with Crippen molar-refractivity contribution in [1.82, 2.24) is 0 Å². The number of carbonyl (C=O) groups is 1. The van der Waals surface area contributed by atoms with E-state index in [1.165, 1.54) is 12.8 Å². The molecular formula is C22H29NO3. The number of fused-ring (bicyclic) bond motifs is 1. The van der Waals surface area contributed by atoms with Crippen molar-refractivity contribution in [1.29, 1.82) is 0 Å². The van der Waals surface area contributed by atoms with Gasteiger partial charge >= 0.3 is 0 Å². The maximum atomic E-state index is 13.2. The molecule has 4 heteroatoms. The molecule has 0 heterocycles. The summed E-state index contributed by atoms with van der Waals surface area (Å²) in [6, 6.07) is 11.9. The number of ether oxygens (including phenoxy) is 2. The van der Waals surface area contributed by atoms with E-state index in [-0.39, 0.29) is 5.91 Å². The summed E-state index contributed by atoms with van der Waals surface area (Å²) in [6.07, 6.45) is 6.01. The first-order valence-corrected chi connectivity index (χ1v) is 9.80. The Kier molecular flexibility index (Phi) is 6.15. The summed E-state index contributed by atoms with van der Waals surface area (Å²) in [4.78, 5) is 13.2. The van der Waals surface area contributed by atoms with E-state index in [1.807, 2.05) is 50.2 Å². The molecule has 0 saturated heterocycles. The first kappa shape index (κ1) is 18.7. The van der Waals surface area contributed by atoms with Gasteiger partial charge in [0, 0.05) is 23.1 Å². The van der Waals surface area contributed by atoms with Crippen LogP contribution in [0.1, 0.15) is 52.4 Å². The number of carbonyl (C=O) groups excluding carboxylic acids is 1. The van der Waals surface area contributed by atoms with Crippen molar-refractivity contribution in [2.24, 2.45) is 0 Å². The second-order valence-electron chi connectivity index (χ2n) is 6.89. The third-order valence-electron chi connectivity index (χ3n) is 5.18. The number of nitrogens with one attached hydrogen (secondary N) is 1. The van der Waals surface area contributed by atoms with E-state index < -0.39 is 5.60 Å². The van der Waals surface area contributed by atoms with Crippen LogP contribution in [-0.2, 0) is 9.53 Å². The zero-order chi connectivity index (χ0) is 18.4. The molecule has 0 atom stereocenters. The SMILES string of the molecule is CCOc1ccc(NC(=O)C2(OCC)CCCCCC2)c2ccccc12. The molecule has 3 rings (SSSR count).